The van der Waals surface area contributed by atoms with Gasteiger partial charge >= 0.3 is 0 Å². The molecule has 0 aliphatic carbocycles. The van der Waals surface area contributed by atoms with E-state index in [9.17, 15) is 4.79 Å². The molecule has 1 amide bonds. The molecule has 9 heteroatoms. The van der Waals surface area contributed by atoms with Crippen LogP contribution in [0.4, 0.5) is 11.4 Å². The van der Waals surface area contributed by atoms with Crippen molar-refractivity contribution in [3.05, 3.63) is 46.4 Å². The first-order valence-corrected chi connectivity index (χ1v) is 9.01. The summed E-state index contributed by atoms with van der Waals surface area (Å²) in [6.45, 7) is 2.01. The van der Waals surface area contributed by atoms with Crippen LogP contribution in [0.2, 0.25) is 0 Å². The SMILES string of the molecule is CN=C(NCC(=O)Nc1cc(Br)ccc1C)Nc1ccc(OC)c(OC)c1.I. The van der Waals surface area contributed by atoms with Crippen LogP contribution in [0, 0.1) is 6.92 Å². The van der Waals surface area contributed by atoms with E-state index >= 15 is 0 Å². The number of benzene rings is 2. The van der Waals surface area contributed by atoms with Crippen molar-refractivity contribution in [1.29, 1.82) is 0 Å². The highest BCUT2D eigenvalue weighted by Gasteiger charge is 2.09. The minimum Gasteiger partial charge on any atom is -0.493 e. The molecule has 7 nitrogen and oxygen atoms in total. The summed E-state index contributed by atoms with van der Waals surface area (Å²) in [5.74, 6) is 1.52. The second kappa shape index (κ2) is 11.7. The van der Waals surface area contributed by atoms with Crippen LogP contribution < -0.4 is 25.4 Å². The molecule has 2 rings (SSSR count). The van der Waals surface area contributed by atoms with E-state index in [0.29, 0.717) is 17.5 Å². The van der Waals surface area contributed by atoms with Gasteiger partial charge in [0.25, 0.3) is 0 Å². The molecule has 0 aliphatic rings. The third-order valence-corrected chi connectivity index (χ3v) is 4.25. The van der Waals surface area contributed by atoms with E-state index in [-0.39, 0.29) is 36.4 Å². The van der Waals surface area contributed by atoms with E-state index in [0.717, 1.165) is 21.4 Å². The molecule has 0 spiro atoms. The van der Waals surface area contributed by atoms with Crippen LogP contribution in [0.1, 0.15) is 5.56 Å². The van der Waals surface area contributed by atoms with Crippen LogP contribution in [-0.4, -0.2) is 39.7 Å². The van der Waals surface area contributed by atoms with E-state index in [1.165, 1.54) is 0 Å². The summed E-state index contributed by atoms with van der Waals surface area (Å²) in [4.78, 5) is 16.4. The highest BCUT2D eigenvalue weighted by atomic mass is 127. The summed E-state index contributed by atoms with van der Waals surface area (Å²) in [5, 5.41) is 8.97. The van der Waals surface area contributed by atoms with Crippen molar-refractivity contribution in [1.82, 2.24) is 5.32 Å². The van der Waals surface area contributed by atoms with Gasteiger partial charge in [-0.05, 0) is 36.8 Å². The third kappa shape index (κ3) is 6.86. The van der Waals surface area contributed by atoms with Gasteiger partial charge in [0.1, 0.15) is 0 Å². The number of halogens is 2. The molecule has 0 bridgehead atoms. The standard InChI is InChI=1S/C19H23BrN4O3.HI/c1-12-5-6-13(20)9-15(12)24-18(25)11-22-19(21-2)23-14-7-8-16(26-3)17(10-14)27-4;/h5-10H,11H2,1-4H3,(H,24,25)(H2,21,22,23);1H. The van der Waals surface area contributed by atoms with Gasteiger partial charge in [0, 0.05) is 29.0 Å². The molecule has 0 aliphatic heterocycles. The molecule has 0 saturated heterocycles. The molecule has 0 saturated carbocycles. The number of carbonyl (C=O) groups excluding carboxylic acids is 1. The second-order valence-electron chi connectivity index (χ2n) is 5.63. The molecule has 28 heavy (non-hydrogen) atoms. The molecule has 0 radical (unpaired) electrons. The Hall–Kier alpha value is -2.01. The normalized spacial score (nSPS) is 10.5. The molecule has 152 valence electrons. The molecule has 0 heterocycles. The lowest BCUT2D eigenvalue weighted by Crippen LogP contribution is -2.37. The van der Waals surface area contributed by atoms with E-state index in [1.807, 2.05) is 31.2 Å². The van der Waals surface area contributed by atoms with Crippen molar-refractivity contribution < 1.29 is 14.3 Å². The molecule has 2 aromatic rings. The maximum atomic E-state index is 12.2. The largest absolute Gasteiger partial charge is 0.493 e. The fraction of sp³-hybridized carbons (Fsp3) is 0.263. The number of rotatable bonds is 6. The number of guanidine groups is 1. The first-order chi connectivity index (χ1) is 13.0. The number of amides is 1. The van der Waals surface area contributed by atoms with Crippen LogP contribution in [0.5, 0.6) is 11.5 Å². The van der Waals surface area contributed by atoms with Gasteiger partial charge in [-0.1, -0.05) is 22.0 Å². The monoisotopic (exact) mass is 562 g/mol. The molecule has 0 aromatic heterocycles. The van der Waals surface area contributed by atoms with Crippen LogP contribution in [0.3, 0.4) is 0 Å². The van der Waals surface area contributed by atoms with Gasteiger partial charge in [0.05, 0.1) is 20.8 Å². The minimum atomic E-state index is -0.175. The van der Waals surface area contributed by atoms with E-state index in [1.54, 1.807) is 33.4 Å². The number of anilines is 2. The van der Waals surface area contributed by atoms with E-state index in [2.05, 4.69) is 36.9 Å². The Labute approximate surface area is 190 Å². The van der Waals surface area contributed by atoms with Gasteiger partial charge in [-0.15, -0.1) is 24.0 Å². The summed E-state index contributed by atoms with van der Waals surface area (Å²) in [7, 11) is 4.78. The fourth-order valence-corrected chi connectivity index (χ4v) is 2.68. The van der Waals surface area contributed by atoms with E-state index in [4.69, 9.17) is 9.47 Å². The maximum absolute atomic E-state index is 12.2. The lowest BCUT2D eigenvalue weighted by Gasteiger charge is -2.14. The van der Waals surface area contributed by atoms with Crippen molar-refractivity contribution in [3.8, 4) is 11.5 Å². The Morgan fingerprint density at radius 1 is 1.07 bits per heavy atom. The van der Waals surface area contributed by atoms with Gasteiger partial charge in [-0.25, -0.2) is 0 Å². The summed E-state index contributed by atoms with van der Waals surface area (Å²) in [5.41, 5.74) is 2.50. The summed E-state index contributed by atoms with van der Waals surface area (Å²) in [6.07, 6.45) is 0. The Morgan fingerprint density at radius 3 is 2.43 bits per heavy atom. The lowest BCUT2D eigenvalue weighted by molar-refractivity contribution is -0.115. The number of nitrogens with one attached hydrogen (secondary N) is 3. The summed E-state index contributed by atoms with van der Waals surface area (Å²) in [6, 6.07) is 11.1. The van der Waals surface area contributed by atoms with Gasteiger partial charge in [0.2, 0.25) is 5.91 Å². The first kappa shape index (κ1) is 24.0. The minimum absolute atomic E-state index is 0. The molecule has 3 N–H and O–H groups in total. The average molecular weight is 563 g/mol. The van der Waals surface area contributed by atoms with Crippen LogP contribution in [-0.2, 0) is 4.79 Å². The number of ether oxygens (including phenoxy) is 2. The van der Waals surface area contributed by atoms with Crippen molar-refractivity contribution in [2.75, 3.05) is 38.4 Å². The number of aliphatic imine (C=N–C) groups is 1. The van der Waals surface area contributed by atoms with E-state index < -0.39 is 0 Å². The predicted octanol–water partition coefficient (Wildman–Crippen LogP) is 4.02. The summed E-state index contributed by atoms with van der Waals surface area (Å²) < 4.78 is 11.4. The zero-order valence-corrected chi connectivity index (χ0v) is 20.0. The van der Waals surface area contributed by atoms with Gasteiger partial charge < -0.3 is 25.4 Å². The van der Waals surface area contributed by atoms with Crippen molar-refractivity contribution >= 4 is 63.1 Å². The van der Waals surface area contributed by atoms with Crippen LogP contribution >= 0.6 is 39.9 Å². The Kier molecular flexibility index (Phi) is 10.1. The number of aryl methyl sites for hydroxylation is 1. The zero-order chi connectivity index (χ0) is 19.8. The number of hydrogen-bond acceptors (Lipinski definition) is 4. The van der Waals surface area contributed by atoms with Crippen molar-refractivity contribution in [2.24, 2.45) is 4.99 Å². The van der Waals surface area contributed by atoms with Crippen molar-refractivity contribution in [3.63, 3.8) is 0 Å². The van der Waals surface area contributed by atoms with Gasteiger partial charge in [0.15, 0.2) is 17.5 Å². The number of methoxy groups -OCH3 is 2. The van der Waals surface area contributed by atoms with Gasteiger partial charge in [-0.3, -0.25) is 9.79 Å². The molecule has 0 unspecified atom stereocenters. The Morgan fingerprint density at radius 2 is 1.79 bits per heavy atom. The fourth-order valence-electron chi connectivity index (χ4n) is 2.32. The second-order valence-corrected chi connectivity index (χ2v) is 6.54. The maximum Gasteiger partial charge on any atom is 0.243 e. The predicted molar refractivity (Wildman–Crippen MR) is 127 cm³/mol. The Balaban J connectivity index is 0.00000392. The highest BCUT2D eigenvalue weighted by molar-refractivity contribution is 14.0. The molecule has 0 fully saturated rings. The molecular weight excluding hydrogens is 539 g/mol. The topological polar surface area (TPSA) is 84.0 Å². The number of nitrogens with zero attached hydrogens (tertiary/aromatic N) is 1. The zero-order valence-electron chi connectivity index (χ0n) is 16.1. The molecule has 0 atom stereocenters. The van der Waals surface area contributed by atoms with Crippen LogP contribution in [0.25, 0.3) is 0 Å². The molecule has 2 aromatic carbocycles. The third-order valence-electron chi connectivity index (χ3n) is 3.76. The average Bonchev–Trinajstić information content (AvgIpc) is 2.67. The molecular formula is C19H24BrIN4O3. The first-order valence-electron chi connectivity index (χ1n) is 8.22. The number of hydrogen-bond donors (Lipinski definition) is 3. The highest BCUT2D eigenvalue weighted by Crippen LogP contribution is 2.29. The van der Waals surface area contributed by atoms with Gasteiger partial charge in [-0.2, -0.15) is 0 Å². The Bertz CT molecular complexity index is 846. The quantitative estimate of drug-likeness (QED) is 0.281. The smallest absolute Gasteiger partial charge is 0.243 e. The lowest BCUT2D eigenvalue weighted by atomic mass is 10.2. The van der Waals surface area contributed by atoms with Crippen molar-refractivity contribution in [2.45, 2.75) is 6.92 Å². The summed E-state index contributed by atoms with van der Waals surface area (Å²) >= 11 is 3.40. The number of carbonyl (C=O) groups is 1. The van der Waals surface area contributed by atoms with Crippen LogP contribution in [0.15, 0.2) is 45.9 Å².